The third kappa shape index (κ3) is 9.86. The molecule has 2 aromatic rings. The largest absolute Gasteiger partial charge is 0.508 e. The molecule has 3 amide bonds. The number of hydrogen-bond donors (Lipinski definition) is 5. The van der Waals surface area contributed by atoms with E-state index in [-0.39, 0.29) is 36.6 Å². The van der Waals surface area contributed by atoms with Crippen molar-refractivity contribution in [1.82, 2.24) is 25.8 Å². The maximum absolute atomic E-state index is 13.9. The summed E-state index contributed by atoms with van der Waals surface area (Å²) in [5, 5.41) is 28.2. The normalized spacial score (nSPS) is 17.2. The van der Waals surface area contributed by atoms with Gasteiger partial charge in [-0.15, -0.1) is 0 Å². The van der Waals surface area contributed by atoms with Gasteiger partial charge in [0.25, 0.3) is 0 Å². The number of pyridine rings is 1. The van der Waals surface area contributed by atoms with Crippen LogP contribution in [0.3, 0.4) is 0 Å². The van der Waals surface area contributed by atoms with Crippen LogP contribution >= 0.6 is 0 Å². The van der Waals surface area contributed by atoms with Crippen molar-refractivity contribution in [2.24, 2.45) is 5.41 Å². The van der Waals surface area contributed by atoms with Gasteiger partial charge in [0, 0.05) is 25.2 Å². The molecule has 5 N–H and O–H groups in total. The molecule has 0 radical (unpaired) electrons. The van der Waals surface area contributed by atoms with E-state index in [2.05, 4.69) is 20.9 Å². The van der Waals surface area contributed by atoms with Crippen molar-refractivity contribution < 1.29 is 29.4 Å². The van der Waals surface area contributed by atoms with Crippen molar-refractivity contribution in [3.8, 4) is 5.75 Å². The monoisotopic (exact) mass is 567 g/mol. The van der Waals surface area contributed by atoms with Gasteiger partial charge < -0.3 is 25.7 Å². The number of carbonyl (C=O) groups is 4. The van der Waals surface area contributed by atoms with Gasteiger partial charge in [0.2, 0.25) is 18.2 Å². The van der Waals surface area contributed by atoms with Crippen LogP contribution < -0.4 is 16.0 Å². The smallest absolute Gasteiger partial charge is 0.326 e. The lowest BCUT2D eigenvalue weighted by atomic mass is 9.88. The molecule has 1 aliphatic heterocycles. The summed E-state index contributed by atoms with van der Waals surface area (Å²) in [6.07, 6.45) is 6.01. The molecule has 2 heterocycles. The van der Waals surface area contributed by atoms with E-state index in [1.807, 2.05) is 20.8 Å². The first-order valence-electron chi connectivity index (χ1n) is 13.9. The molecule has 0 aliphatic carbocycles. The Morgan fingerprint density at radius 2 is 1.66 bits per heavy atom. The number of carbonyl (C=O) groups excluding carboxylic acids is 3. The third-order valence-corrected chi connectivity index (χ3v) is 7.16. The van der Waals surface area contributed by atoms with Crippen LogP contribution in [0, 0.1) is 5.41 Å². The zero-order valence-electron chi connectivity index (χ0n) is 23.9. The molecule has 222 valence electrons. The van der Waals surface area contributed by atoms with Gasteiger partial charge in [-0.1, -0.05) is 32.9 Å². The molecule has 4 atom stereocenters. The lowest BCUT2D eigenvalue weighted by Crippen LogP contribution is -2.59. The number of phenols is 1. The maximum atomic E-state index is 13.9. The van der Waals surface area contributed by atoms with Crippen LogP contribution in [0.25, 0.3) is 0 Å². The molecular formula is C30H41N5O6. The molecule has 1 fully saturated rings. The highest BCUT2D eigenvalue weighted by Crippen LogP contribution is 2.22. The van der Waals surface area contributed by atoms with Crippen LogP contribution in [-0.4, -0.2) is 75.1 Å². The van der Waals surface area contributed by atoms with E-state index < -0.39 is 35.9 Å². The molecule has 0 bridgehead atoms. The molecule has 1 aromatic heterocycles. The first kappa shape index (κ1) is 31.5. The second-order valence-corrected chi connectivity index (χ2v) is 11.7. The predicted octanol–water partition coefficient (Wildman–Crippen LogP) is 1.99. The Kier molecular flexibility index (Phi) is 11.2. The number of hydrogen-bond acceptors (Lipinski definition) is 7. The van der Waals surface area contributed by atoms with E-state index in [1.54, 1.807) is 36.7 Å². The predicted molar refractivity (Wildman–Crippen MR) is 153 cm³/mol. The standard InChI is InChI=1S/C30H41N5O6/c1-30(2,3)13-10-23(29(40)41)33-27(38)24(17-21-11-15-31-16-12-21)34-28(39)25(18-20-6-8-22(37)9-7-20)35(19-36)26-5-4-14-32-26/h6-9,11-12,15-16,19,23-26,32,37H,4-5,10,13-14,17-18H2,1-3H3,(H,33,38)(H,34,39)(H,40,41)/t23-,24-,25-,26-/m0/s1. The average molecular weight is 568 g/mol. The molecule has 0 unspecified atom stereocenters. The Morgan fingerprint density at radius 1 is 1.02 bits per heavy atom. The van der Waals surface area contributed by atoms with Gasteiger partial charge >= 0.3 is 5.97 Å². The molecular weight excluding hydrogens is 526 g/mol. The molecule has 41 heavy (non-hydrogen) atoms. The van der Waals surface area contributed by atoms with Crippen LogP contribution in [0.15, 0.2) is 48.8 Å². The van der Waals surface area contributed by atoms with E-state index in [4.69, 9.17) is 0 Å². The Labute approximate surface area is 240 Å². The molecule has 1 aliphatic rings. The van der Waals surface area contributed by atoms with Crippen molar-refractivity contribution in [2.75, 3.05) is 6.54 Å². The topological polar surface area (TPSA) is 161 Å². The Hall–Kier alpha value is -3.99. The lowest BCUT2D eigenvalue weighted by Gasteiger charge is -2.33. The first-order chi connectivity index (χ1) is 19.5. The fraction of sp³-hybridized carbons (Fsp3) is 0.500. The van der Waals surface area contributed by atoms with Crippen molar-refractivity contribution in [3.05, 3.63) is 59.9 Å². The summed E-state index contributed by atoms with van der Waals surface area (Å²) in [5.41, 5.74) is 1.31. The fourth-order valence-corrected chi connectivity index (χ4v) is 4.81. The van der Waals surface area contributed by atoms with Crippen LogP contribution in [-0.2, 0) is 32.0 Å². The minimum atomic E-state index is -1.15. The molecule has 11 nitrogen and oxygen atoms in total. The molecule has 0 saturated carbocycles. The number of carboxylic acid groups (broad SMARTS) is 1. The quantitative estimate of drug-likeness (QED) is 0.217. The van der Waals surface area contributed by atoms with Crippen LogP contribution in [0.1, 0.15) is 57.6 Å². The molecule has 1 aromatic carbocycles. The Balaban J connectivity index is 1.87. The zero-order chi connectivity index (χ0) is 30.0. The average Bonchev–Trinajstić information content (AvgIpc) is 3.46. The molecule has 11 heteroatoms. The summed E-state index contributed by atoms with van der Waals surface area (Å²) in [7, 11) is 0. The van der Waals surface area contributed by atoms with Gasteiger partial charge in [-0.2, -0.15) is 0 Å². The summed E-state index contributed by atoms with van der Waals surface area (Å²) >= 11 is 0. The molecule has 0 spiro atoms. The number of aliphatic carboxylic acids is 1. The van der Waals surface area contributed by atoms with Crippen molar-refractivity contribution >= 4 is 24.2 Å². The fourth-order valence-electron chi connectivity index (χ4n) is 4.81. The summed E-state index contributed by atoms with van der Waals surface area (Å²) in [5.74, 6) is -2.25. The Bertz CT molecular complexity index is 1160. The van der Waals surface area contributed by atoms with E-state index in [1.165, 1.54) is 17.0 Å². The van der Waals surface area contributed by atoms with Gasteiger partial charge in [0.1, 0.15) is 23.9 Å². The number of carboxylic acids is 1. The number of phenolic OH excluding ortho intramolecular Hbond substituents is 1. The highest BCUT2D eigenvalue weighted by Gasteiger charge is 2.35. The van der Waals surface area contributed by atoms with E-state index in [0.29, 0.717) is 25.8 Å². The number of aromatic nitrogens is 1. The minimum absolute atomic E-state index is 0.0768. The van der Waals surface area contributed by atoms with Crippen LogP contribution in [0.2, 0.25) is 0 Å². The van der Waals surface area contributed by atoms with Gasteiger partial charge in [-0.25, -0.2) is 4.79 Å². The van der Waals surface area contributed by atoms with Crippen molar-refractivity contribution in [1.29, 1.82) is 0 Å². The van der Waals surface area contributed by atoms with Gasteiger partial charge in [0.15, 0.2) is 0 Å². The lowest BCUT2D eigenvalue weighted by molar-refractivity contribution is -0.143. The molecule has 1 saturated heterocycles. The van der Waals surface area contributed by atoms with Crippen molar-refractivity contribution in [3.63, 3.8) is 0 Å². The second kappa shape index (κ2) is 14.6. The SMILES string of the molecule is CC(C)(C)CC[C@H](NC(=O)[C@H](Cc1ccncc1)NC(=O)[C@H](Cc1ccc(O)cc1)N(C=O)[C@H]1CCCN1)C(=O)O. The zero-order valence-corrected chi connectivity index (χ0v) is 23.9. The van der Waals surface area contributed by atoms with E-state index in [0.717, 1.165) is 17.5 Å². The van der Waals surface area contributed by atoms with Gasteiger partial charge in [0.05, 0.1) is 6.17 Å². The second-order valence-electron chi connectivity index (χ2n) is 11.7. The third-order valence-electron chi connectivity index (χ3n) is 7.16. The first-order valence-corrected chi connectivity index (χ1v) is 13.9. The number of aromatic hydroxyl groups is 1. The summed E-state index contributed by atoms with van der Waals surface area (Å²) < 4.78 is 0. The van der Waals surface area contributed by atoms with E-state index in [9.17, 15) is 29.4 Å². The highest BCUT2D eigenvalue weighted by atomic mass is 16.4. The maximum Gasteiger partial charge on any atom is 0.326 e. The summed E-state index contributed by atoms with van der Waals surface area (Å²) in [6.45, 7) is 6.69. The minimum Gasteiger partial charge on any atom is -0.508 e. The Morgan fingerprint density at radius 3 is 2.22 bits per heavy atom. The van der Waals surface area contributed by atoms with Crippen molar-refractivity contribution in [2.45, 2.75) is 83.6 Å². The molecule has 3 rings (SSSR count). The van der Waals surface area contributed by atoms with Crippen LogP contribution in [0.4, 0.5) is 0 Å². The number of nitrogens with zero attached hydrogens (tertiary/aromatic N) is 2. The summed E-state index contributed by atoms with van der Waals surface area (Å²) in [4.78, 5) is 57.1. The highest BCUT2D eigenvalue weighted by molar-refractivity contribution is 5.92. The van der Waals surface area contributed by atoms with Crippen LogP contribution in [0.5, 0.6) is 5.75 Å². The van der Waals surface area contributed by atoms with Gasteiger partial charge in [-0.05, 0) is 73.0 Å². The van der Waals surface area contributed by atoms with E-state index >= 15 is 0 Å². The number of rotatable bonds is 14. The number of nitrogens with one attached hydrogen (secondary N) is 3. The summed E-state index contributed by atoms with van der Waals surface area (Å²) in [6, 6.07) is 6.61. The number of benzene rings is 1. The van der Waals surface area contributed by atoms with Gasteiger partial charge in [-0.3, -0.25) is 24.7 Å². The number of amides is 3.